The second-order valence-corrected chi connectivity index (χ2v) is 7.99. The molecule has 3 aliphatic heterocycles. The van der Waals surface area contributed by atoms with Gasteiger partial charge in [-0.1, -0.05) is 22.0 Å². The van der Waals surface area contributed by atoms with E-state index in [0.29, 0.717) is 5.41 Å². The fourth-order valence-electron chi connectivity index (χ4n) is 4.24. The first kappa shape index (κ1) is 14.2. The monoisotopic (exact) mass is 349 g/mol. The van der Waals surface area contributed by atoms with Gasteiger partial charge in [-0.15, -0.1) is 0 Å². The summed E-state index contributed by atoms with van der Waals surface area (Å²) < 4.78 is 1.21. The summed E-state index contributed by atoms with van der Waals surface area (Å²) in [6.45, 7) is 9.77. The van der Waals surface area contributed by atoms with Crippen LogP contribution in [-0.2, 0) is 13.1 Å². The fraction of sp³-hybridized carbons (Fsp3) is 0.647. The number of rotatable bonds is 3. The van der Waals surface area contributed by atoms with Gasteiger partial charge in [0.25, 0.3) is 0 Å². The van der Waals surface area contributed by atoms with Crippen molar-refractivity contribution in [2.75, 3.05) is 39.3 Å². The van der Waals surface area contributed by atoms with Crippen molar-refractivity contribution in [1.29, 1.82) is 0 Å². The molecule has 3 heterocycles. The number of likely N-dealkylation sites (tertiary alicyclic amines) is 1. The minimum Gasteiger partial charge on any atom is -0.316 e. The van der Waals surface area contributed by atoms with E-state index in [0.717, 1.165) is 13.1 Å². The lowest BCUT2D eigenvalue weighted by Crippen LogP contribution is -2.34. The lowest BCUT2D eigenvalue weighted by molar-refractivity contribution is 0.212. The van der Waals surface area contributed by atoms with E-state index < -0.39 is 0 Å². The van der Waals surface area contributed by atoms with E-state index in [-0.39, 0.29) is 0 Å². The molecule has 0 amide bonds. The molecule has 3 nitrogen and oxygen atoms in total. The summed E-state index contributed by atoms with van der Waals surface area (Å²) in [7, 11) is 0. The molecule has 0 aliphatic carbocycles. The Morgan fingerprint density at radius 3 is 2.81 bits per heavy atom. The maximum absolute atomic E-state index is 3.58. The predicted molar refractivity (Wildman–Crippen MR) is 89.2 cm³/mol. The van der Waals surface area contributed by atoms with Gasteiger partial charge in [0.15, 0.2) is 0 Å². The van der Waals surface area contributed by atoms with Crippen LogP contribution in [0, 0.1) is 5.41 Å². The van der Waals surface area contributed by atoms with Gasteiger partial charge in [-0.05, 0) is 54.6 Å². The maximum atomic E-state index is 3.58. The number of benzene rings is 1. The van der Waals surface area contributed by atoms with Crippen LogP contribution in [0.15, 0.2) is 22.7 Å². The minimum absolute atomic E-state index is 0.610. The van der Waals surface area contributed by atoms with Crippen molar-refractivity contribution >= 4 is 15.9 Å². The van der Waals surface area contributed by atoms with Crippen LogP contribution in [0.4, 0.5) is 0 Å². The number of halogens is 1. The van der Waals surface area contributed by atoms with Crippen LogP contribution in [0.2, 0.25) is 0 Å². The first-order valence-corrected chi connectivity index (χ1v) is 8.95. The molecule has 1 spiro atoms. The summed E-state index contributed by atoms with van der Waals surface area (Å²) in [5.74, 6) is 0. The minimum atomic E-state index is 0.610. The van der Waals surface area contributed by atoms with Gasteiger partial charge in [-0.3, -0.25) is 4.90 Å². The average molecular weight is 350 g/mol. The van der Waals surface area contributed by atoms with Crippen LogP contribution in [-0.4, -0.2) is 49.1 Å². The van der Waals surface area contributed by atoms with Gasteiger partial charge < -0.3 is 10.2 Å². The van der Waals surface area contributed by atoms with Gasteiger partial charge in [0, 0.05) is 43.7 Å². The molecule has 0 bridgehead atoms. The van der Waals surface area contributed by atoms with Gasteiger partial charge in [-0.25, -0.2) is 0 Å². The smallest absolute Gasteiger partial charge is 0.0241 e. The molecule has 0 radical (unpaired) electrons. The van der Waals surface area contributed by atoms with E-state index in [1.807, 2.05) is 0 Å². The molecule has 2 saturated heterocycles. The van der Waals surface area contributed by atoms with Crippen LogP contribution in [0.5, 0.6) is 0 Å². The second kappa shape index (κ2) is 5.65. The highest BCUT2D eigenvalue weighted by Gasteiger charge is 2.40. The van der Waals surface area contributed by atoms with Gasteiger partial charge >= 0.3 is 0 Å². The normalized spacial score (nSPS) is 29.6. The third-order valence-electron chi connectivity index (χ3n) is 5.54. The summed E-state index contributed by atoms with van der Waals surface area (Å²) in [5, 5.41) is 3.55. The Bertz CT molecular complexity index is 525. The summed E-state index contributed by atoms with van der Waals surface area (Å²) in [6.07, 6.45) is 2.78. The van der Waals surface area contributed by atoms with Gasteiger partial charge in [0.2, 0.25) is 0 Å². The molecule has 3 aliphatic rings. The van der Waals surface area contributed by atoms with E-state index >= 15 is 0 Å². The average Bonchev–Trinajstić information content (AvgIpc) is 3.18. The third kappa shape index (κ3) is 2.91. The van der Waals surface area contributed by atoms with Crippen LogP contribution < -0.4 is 5.32 Å². The molecule has 4 rings (SSSR count). The van der Waals surface area contributed by atoms with E-state index in [1.54, 1.807) is 0 Å². The zero-order chi connectivity index (χ0) is 14.3. The van der Waals surface area contributed by atoms with Crippen molar-refractivity contribution in [2.24, 2.45) is 5.41 Å². The molecule has 1 atom stereocenters. The zero-order valence-electron chi connectivity index (χ0n) is 12.6. The molecule has 1 unspecified atom stereocenters. The lowest BCUT2D eigenvalue weighted by atomic mass is 9.87. The van der Waals surface area contributed by atoms with Crippen molar-refractivity contribution in [3.63, 3.8) is 0 Å². The van der Waals surface area contributed by atoms with Gasteiger partial charge in [-0.2, -0.15) is 0 Å². The molecule has 1 aromatic rings. The second-order valence-electron chi connectivity index (χ2n) is 7.08. The summed E-state index contributed by atoms with van der Waals surface area (Å²) in [5.41, 5.74) is 3.62. The predicted octanol–water partition coefficient (Wildman–Crippen LogP) is 2.45. The van der Waals surface area contributed by atoms with Crippen LogP contribution in [0.25, 0.3) is 0 Å². The third-order valence-corrected chi connectivity index (χ3v) is 6.03. The van der Waals surface area contributed by atoms with Crippen molar-refractivity contribution in [3.8, 4) is 0 Å². The molecule has 21 heavy (non-hydrogen) atoms. The molecule has 4 heteroatoms. The van der Waals surface area contributed by atoms with Gasteiger partial charge in [0.05, 0.1) is 0 Å². The maximum Gasteiger partial charge on any atom is 0.0241 e. The Hall–Kier alpha value is -0.420. The van der Waals surface area contributed by atoms with Crippen LogP contribution in [0.1, 0.15) is 24.0 Å². The number of nitrogens with one attached hydrogen (secondary N) is 1. The summed E-state index contributed by atoms with van der Waals surface area (Å²) in [6, 6.07) is 6.72. The van der Waals surface area contributed by atoms with Crippen molar-refractivity contribution in [2.45, 2.75) is 25.9 Å². The summed E-state index contributed by atoms with van der Waals surface area (Å²) >= 11 is 3.58. The Labute approximate surface area is 135 Å². The standard InChI is InChI=1S/C17H24BrN3/c18-16-2-1-14-10-21(11-15(14)9-16)8-7-20-6-4-17(13-20)3-5-19-12-17/h1-2,9,19H,3-8,10-13H2. The summed E-state index contributed by atoms with van der Waals surface area (Å²) in [4.78, 5) is 5.28. The highest BCUT2D eigenvalue weighted by Crippen LogP contribution is 2.36. The van der Waals surface area contributed by atoms with E-state index in [4.69, 9.17) is 0 Å². The SMILES string of the molecule is Brc1ccc2c(c1)CN(CCN1CCC3(CCNC3)C1)C2. The lowest BCUT2D eigenvalue weighted by Gasteiger charge is -2.24. The van der Waals surface area contributed by atoms with Crippen molar-refractivity contribution in [1.82, 2.24) is 15.1 Å². The highest BCUT2D eigenvalue weighted by molar-refractivity contribution is 9.10. The Morgan fingerprint density at radius 1 is 1.10 bits per heavy atom. The number of fused-ring (bicyclic) bond motifs is 1. The molecular formula is C17H24BrN3. The number of nitrogens with zero attached hydrogens (tertiary/aromatic N) is 2. The first-order valence-electron chi connectivity index (χ1n) is 8.15. The fourth-order valence-corrected chi connectivity index (χ4v) is 4.65. The zero-order valence-corrected chi connectivity index (χ0v) is 14.2. The van der Waals surface area contributed by atoms with Crippen LogP contribution >= 0.6 is 15.9 Å². The van der Waals surface area contributed by atoms with Gasteiger partial charge in [0.1, 0.15) is 0 Å². The molecule has 114 valence electrons. The topological polar surface area (TPSA) is 18.5 Å². The highest BCUT2D eigenvalue weighted by atomic mass is 79.9. The molecule has 2 fully saturated rings. The van der Waals surface area contributed by atoms with E-state index in [1.165, 1.54) is 67.7 Å². The first-order chi connectivity index (χ1) is 10.2. The molecule has 0 aromatic heterocycles. The van der Waals surface area contributed by atoms with Crippen molar-refractivity contribution in [3.05, 3.63) is 33.8 Å². The van der Waals surface area contributed by atoms with Crippen molar-refractivity contribution < 1.29 is 0 Å². The molecule has 0 saturated carbocycles. The Morgan fingerprint density at radius 2 is 1.95 bits per heavy atom. The molecule has 1 aromatic carbocycles. The Balaban J connectivity index is 1.29. The number of hydrogen-bond acceptors (Lipinski definition) is 3. The molecular weight excluding hydrogens is 326 g/mol. The molecule has 1 N–H and O–H groups in total. The van der Waals surface area contributed by atoms with E-state index in [9.17, 15) is 0 Å². The largest absolute Gasteiger partial charge is 0.316 e. The van der Waals surface area contributed by atoms with Crippen LogP contribution in [0.3, 0.4) is 0 Å². The Kier molecular flexibility index (Phi) is 3.82. The number of hydrogen-bond donors (Lipinski definition) is 1. The van der Waals surface area contributed by atoms with E-state index in [2.05, 4.69) is 49.2 Å². The quantitative estimate of drug-likeness (QED) is 0.904.